The van der Waals surface area contributed by atoms with Crippen LogP contribution in [-0.2, 0) is 12.8 Å². The summed E-state index contributed by atoms with van der Waals surface area (Å²) in [6.07, 6.45) is 4.66. The van der Waals surface area contributed by atoms with E-state index in [1.165, 1.54) is 0 Å². The lowest BCUT2D eigenvalue weighted by Gasteiger charge is -2.08. The van der Waals surface area contributed by atoms with E-state index in [0.29, 0.717) is 35.0 Å². The normalized spacial score (nSPS) is 11.0. The molecule has 1 N–H and O–H groups in total. The number of anilines is 1. The zero-order valence-electron chi connectivity index (χ0n) is 15.1. The van der Waals surface area contributed by atoms with E-state index in [9.17, 15) is 4.79 Å². The molecule has 136 valence electrons. The second-order valence-electron chi connectivity index (χ2n) is 6.06. The molecule has 4 rings (SSSR count). The van der Waals surface area contributed by atoms with Gasteiger partial charge < -0.3 is 9.73 Å². The summed E-state index contributed by atoms with van der Waals surface area (Å²) in [5, 5.41) is 7.27. The Morgan fingerprint density at radius 1 is 1.19 bits per heavy atom. The molecule has 0 saturated carbocycles. The molecule has 3 heterocycles. The number of hydrogen-bond donors (Lipinski definition) is 1. The highest BCUT2D eigenvalue weighted by Gasteiger charge is 2.18. The molecule has 0 bridgehead atoms. The monoisotopic (exact) mass is 361 g/mol. The van der Waals surface area contributed by atoms with Gasteiger partial charge in [-0.2, -0.15) is 5.10 Å². The van der Waals surface area contributed by atoms with E-state index in [1.807, 2.05) is 44.2 Å². The average molecular weight is 361 g/mol. The Bertz CT molecular complexity index is 1100. The molecule has 0 aliphatic rings. The fourth-order valence-corrected chi connectivity index (χ4v) is 2.98. The molecule has 7 nitrogen and oxygen atoms in total. The van der Waals surface area contributed by atoms with Crippen molar-refractivity contribution < 1.29 is 9.21 Å². The Kier molecular flexibility index (Phi) is 4.42. The maximum atomic E-state index is 12.8. The number of nitrogens with zero attached hydrogens (tertiary/aromatic N) is 4. The number of rotatable bonds is 5. The molecule has 0 aliphatic carbocycles. The summed E-state index contributed by atoms with van der Waals surface area (Å²) >= 11 is 0. The van der Waals surface area contributed by atoms with E-state index in [0.717, 1.165) is 17.6 Å². The van der Waals surface area contributed by atoms with Gasteiger partial charge in [-0.15, -0.1) is 0 Å². The van der Waals surface area contributed by atoms with Gasteiger partial charge in [0, 0.05) is 18.3 Å². The molecule has 0 atom stereocenters. The number of aromatic nitrogens is 4. The number of oxazole rings is 1. The van der Waals surface area contributed by atoms with E-state index in [1.54, 1.807) is 23.1 Å². The second kappa shape index (κ2) is 7.03. The van der Waals surface area contributed by atoms with Crippen LogP contribution in [-0.4, -0.2) is 25.7 Å². The van der Waals surface area contributed by atoms with Gasteiger partial charge in [-0.05, 0) is 36.8 Å². The minimum absolute atomic E-state index is 0.215. The van der Waals surface area contributed by atoms with E-state index < -0.39 is 0 Å². The van der Waals surface area contributed by atoms with Gasteiger partial charge >= 0.3 is 0 Å². The van der Waals surface area contributed by atoms with E-state index >= 15 is 0 Å². The third-order valence-corrected chi connectivity index (χ3v) is 4.31. The van der Waals surface area contributed by atoms with Crippen LogP contribution in [0.3, 0.4) is 0 Å². The summed E-state index contributed by atoms with van der Waals surface area (Å²) in [6.45, 7) is 3.97. The van der Waals surface area contributed by atoms with E-state index in [2.05, 4.69) is 20.4 Å². The van der Waals surface area contributed by atoms with Crippen LogP contribution in [0.5, 0.6) is 0 Å². The molecule has 7 heteroatoms. The van der Waals surface area contributed by atoms with Gasteiger partial charge in [-0.3, -0.25) is 4.79 Å². The summed E-state index contributed by atoms with van der Waals surface area (Å²) in [6, 6.07) is 11.0. The summed E-state index contributed by atoms with van der Waals surface area (Å²) in [5.41, 5.74) is 3.43. The van der Waals surface area contributed by atoms with Crippen molar-refractivity contribution >= 4 is 22.7 Å². The molecule has 0 fully saturated rings. The quantitative estimate of drug-likeness (QED) is 0.584. The lowest BCUT2D eigenvalue weighted by molar-refractivity contribution is 0.102. The molecule has 0 aliphatic heterocycles. The molecule has 27 heavy (non-hydrogen) atoms. The minimum atomic E-state index is -0.215. The largest absolute Gasteiger partial charge is 0.441 e. The maximum Gasteiger partial charge on any atom is 0.259 e. The van der Waals surface area contributed by atoms with Crippen LogP contribution in [0, 0.1) is 0 Å². The molecular formula is C20H19N5O2. The predicted molar refractivity (Wildman–Crippen MR) is 102 cm³/mol. The zero-order chi connectivity index (χ0) is 18.8. The Hall–Kier alpha value is -3.48. The van der Waals surface area contributed by atoms with E-state index in [4.69, 9.17) is 4.42 Å². The summed E-state index contributed by atoms with van der Waals surface area (Å²) in [5.74, 6) is 1.15. The lowest BCUT2D eigenvalue weighted by atomic mass is 10.2. The topological polar surface area (TPSA) is 85.8 Å². The third kappa shape index (κ3) is 3.19. The van der Waals surface area contributed by atoms with Gasteiger partial charge in [0.15, 0.2) is 17.3 Å². The lowest BCUT2D eigenvalue weighted by Crippen LogP contribution is -2.14. The van der Waals surface area contributed by atoms with Crippen molar-refractivity contribution in [1.29, 1.82) is 0 Å². The first-order valence-corrected chi connectivity index (χ1v) is 8.88. The molecule has 0 unspecified atom stereocenters. The molecule has 4 aromatic rings. The van der Waals surface area contributed by atoms with Crippen LogP contribution < -0.4 is 5.32 Å². The van der Waals surface area contributed by atoms with Gasteiger partial charge in [0.05, 0.1) is 17.5 Å². The first kappa shape index (κ1) is 17.0. The number of carbonyl (C=O) groups excluding carboxylic acids is 1. The molecule has 3 aromatic heterocycles. The predicted octanol–water partition coefficient (Wildman–Crippen LogP) is 3.79. The number of fused-ring (bicyclic) bond motifs is 1. The summed E-state index contributed by atoms with van der Waals surface area (Å²) < 4.78 is 7.30. The number of nitrogens with one attached hydrogen (secondary N) is 1. The van der Waals surface area contributed by atoms with Crippen molar-refractivity contribution in [3.63, 3.8) is 0 Å². The minimum Gasteiger partial charge on any atom is -0.441 e. The number of carbonyl (C=O) groups is 1. The van der Waals surface area contributed by atoms with Crippen LogP contribution in [0.2, 0.25) is 0 Å². The SMILES string of the molecule is CCc1nc2cc(NC(=O)c3cnn(-c4ccccn4)c3CC)ccc2o1. The van der Waals surface area contributed by atoms with Gasteiger partial charge in [0.2, 0.25) is 0 Å². The summed E-state index contributed by atoms with van der Waals surface area (Å²) in [7, 11) is 0. The molecule has 0 spiro atoms. The highest BCUT2D eigenvalue weighted by atomic mass is 16.3. The smallest absolute Gasteiger partial charge is 0.259 e. The summed E-state index contributed by atoms with van der Waals surface area (Å²) in [4.78, 5) is 21.5. The van der Waals surface area contributed by atoms with Gasteiger partial charge in [-0.1, -0.05) is 19.9 Å². The van der Waals surface area contributed by atoms with Crippen LogP contribution in [0.25, 0.3) is 16.9 Å². The molecule has 0 saturated heterocycles. The van der Waals surface area contributed by atoms with Crippen molar-refractivity contribution in [2.75, 3.05) is 5.32 Å². The maximum absolute atomic E-state index is 12.8. The molecular weight excluding hydrogens is 342 g/mol. The number of hydrogen-bond acceptors (Lipinski definition) is 5. The third-order valence-electron chi connectivity index (χ3n) is 4.31. The first-order valence-electron chi connectivity index (χ1n) is 8.88. The number of aryl methyl sites for hydroxylation is 1. The number of pyridine rings is 1. The number of amides is 1. The Morgan fingerprint density at radius 3 is 2.81 bits per heavy atom. The highest BCUT2D eigenvalue weighted by molar-refractivity contribution is 6.05. The van der Waals surface area contributed by atoms with Crippen LogP contribution in [0.1, 0.15) is 35.8 Å². The van der Waals surface area contributed by atoms with Gasteiger partial charge in [0.1, 0.15) is 5.52 Å². The standard InChI is InChI=1S/C20H19N5O2/c1-3-16-14(12-22-25(16)18-7-5-6-10-21-18)20(26)23-13-8-9-17-15(11-13)24-19(4-2)27-17/h5-12H,3-4H2,1-2H3,(H,23,26). The zero-order valence-corrected chi connectivity index (χ0v) is 15.1. The number of benzene rings is 1. The van der Waals surface area contributed by atoms with Crippen molar-refractivity contribution in [3.8, 4) is 5.82 Å². The molecule has 0 radical (unpaired) electrons. The van der Waals surface area contributed by atoms with Crippen molar-refractivity contribution in [2.24, 2.45) is 0 Å². The van der Waals surface area contributed by atoms with Gasteiger partial charge in [-0.25, -0.2) is 14.6 Å². The van der Waals surface area contributed by atoms with Crippen molar-refractivity contribution in [3.05, 3.63) is 65.9 Å². The van der Waals surface area contributed by atoms with Crippen molar-refractivity contribution in [2.45, 2.75) is 26.7 Å². The fourth-order valence-electron chi connectivity index (χ4n) is 2.98. The van der Waals surface area contributed by atoms with Crippen LogP contribution in [0.4, 0.5) is 5.69 Å². The molecule has 1 aromatic carbocycles. The fraction of sp³-hybridized carbons (Fsp3) is 0.200. The average Bonchev–Trinajstić information content (AvgIpc) is 3.31. The first-order chi connectivity index (χ1) is 13.2. The Morgan fingerprint density at radius 2 is 2.07 bits per heavy atom. The van der Waals surface area contributed by atoms with E-state index in [-0.39, 0.29) is 5.91 Å². The highest BCUT2D eigenvalue weighted by Crippen LogP contribution is 2.22. The second-order valence-corrected chi connectivity index (χ2v) is 6.06. The van der Waals surface area contributed by atoms with Crippen LogP contribution in [0.15, 0.2) is 53.2 Å². The van der Waals surface area contributed by atoms with Crippen molar-refractivity contribution in [1.82, 2.24) is 19.7 Å². The Balaban J connectivity index is 1.62. The van der Waals surface area contributed by atoms with Crippen LogP contribution >= 0.6 is 0 Å². The Labute approximate surface area is 156 Å². The van der Waals surface area contributed by atoms with Gasteiger partial charge in [0.25, 0.3) is 5.91 Å². The molecule has 1 amide bonds.